The second-order valence-electron chi connectivity index (χ2n) is 7.85. The number of urea groups is 1. The number of amides is 3. The number of esters is 1. The van der Waals surface area contributed by atoms with E-state index in [1.54, 1.807) is 36.1 Å². The van der Waals surface area contributed by atoms with Gasteiger partial charge in [-0.1, -0.05) is 0 Å². The van der Waals surface area contributed by atoms with Gasteiger partial charge in [-0.3, -0.25) is 14.6 Å². The summed E-state index contributed by atoms with van der Waals surface area (Å²) in [6.07, 6.45) is 2.96. The quantitative estimate of drug-likeness (QED) is 0.661. The molecule has 32 heavy (non-hydrogen) atoms. The molecule has 3 amide bonds. The highest BCUT2D eigenvalue weighted by Gasteiger charge is 2.29. The van der Waals surface area contributed by atoms with Crippen molar-refractivity contribution in [1.82, 2.24) is 20.1 Å². The molecule has 0 aliphatic carbocycles. The van der Waals surface area contributed by atoms with E-state index in [2.05, 4.69) is 5.32 Å². The number of ether oxygens (including phenoxy) is 1. The molecule has 0 spiro atoms. The van der Waals surface area contributed by atoms with Crippen LogP contribution in [0.25, 0.3) is 0 Å². The summed E-state index contributed by atoms with van der Waals surface area (Å²) >= 11 is 0. The second kappa shape index (κ2) is 10.8. The minimum Gasteiger partial charge on any atom is -0.467 e. The van der Waals surface area contributed by atoms with Crippen LogP contribution in [-0.4, -0.2) is 66.0 Å². The summed E-state index contributed by atoms with van der Waals surface area (Å²) in [6.45, 7) is 5.17. The van der Waals surface area contributed by atoms with Gasteiger partial charge in [0, 0.05) is 31.7 Å². The number of carbonyl (C=O) groups excluding carboxylic acids is 3. The van der Waals surface area contributed by atoms with Crippen molar-refractivity contribution in [3.63, 3.8) is 0 Å². The Hall–Kier alpha value is -3.36. The Balaban J connectivity index is 1.63. The van der Waals surface area contributed by atoms with Gasteiger partial charge in [0.15, 0.2) is 0 Å². The van der Waals surface area contributed by atoms with Crippen LogP contribution in [0.5, 0.6) is 0 Å². The van der Waals surface area contributed by atoms with Crippen molar-refractivity contribution >= 4 is 17.9 Å². The Kier molecular flexibility index (Phi) is 7.86. The molecule has 0 saturated carbocycles. The number of hydrogen-bond acceptors (Lipinski definition) is 6. The van der Waals surface area contributed by atoms with E-state index in [0.29, 0.717) is 43.8 Å². The minimum atomic E-state index is -0.457. The molecule has 172 valence electrons. The fourth-order valence-electron chi connectivity index (χ4n) is 3.81. The van der Waals surface area contributed by atoms with E-state index in [1.165, 1.54) is 0 Å². The number of carbonyl (C=O) groups is 3. The molecule has 3 rings (SSSR count). The molecule has 3 heterocycles. The van der Waals surface area contributed by atoms with Gasteiger partial charge in [0.1, 0.15) is 12.3 Å². The monoisotopic (exact) mass is 442 g/mol. The standard InChI is InChI=1S/C23H30N4O5/c1-4-31-20(28)14-24-23(30)27-11-9-17(10-12-27)21-19(8-7-16(2)25-21)22(29)26(3)15-18-6-5-13-32-18/h5-8,13,17H,4,9-12,14-15H2,1-3H3,(H,24,30). The molecule has 1 aliphatic heterocycles. The Labute approximate surface area is 187 Å². The van der Waals surface area contributed by atoms with Crippen LogP contribution in [0.1, 0.15) is 53.2 Å². The van der Waals surface area contributed by atoms with Crippen LogP contribution >= 0.6 is 0 Å². The number of hydrogen-bond donors (Lipinski definition) is 1. The summed E-state index contributed by atoms with van der Waals surface area (Å²) in [7, 11) is 1.74. The third kappa shape index (κ3) is 5.87. The number of furan rings is 1. The van der Waals surface area contributed by atoms with Crippen LogP contribution in [0, 0.1) is 6.92 Å². The van der Waals surface area contributed by atoms with Crippen molar-refractivity contribution in [1.29, 1.82) is 0 Å². The Morgan fingerprint density at radius 1 is 1.25 bits per heavy atom. The van der Waals surface area contributed by atoms with Gasteiger partial charge in [-0.25, -0.2) is 4.79 Å². The Morgan fingerprint density at radius 2 is 2.00 bits per heavy atom. The topological polar surface area (TPSA) is 105 Å². The van der Waals surface area contributed by atoms with Crippen LogP contribution in [0.15, 0.2) is 34.9 Å². The molecule has 1 N–H and O–H groups in total. The number of aryl methyl sites for hydroxylation is 1. The molecule has 0 radical (unpaired) electrons. The van der Waals surface area contributed by atoms with Gasteiger partial charge < -0.3 is 24.3 Å². The SMILES string of the molecule is CCOC(=O)CNC(=O)N1CCC(c2nc(C)ccc2C(=O)N(C)Cc2ccco2)CC1. The minimum absolute atomic E-state index is 0.0694. The zero-order valence-electron chi connectivity index (χ0n) is 18.8. The lowest BCUT2D eigenvalue weighted by atomic mass is 9.90. The lowest BCUT2D eigenvalue weighted by molar-refractivity contribution is -0.141. The van der Waals surface area contributed by atoms with E-state index >= 15 is 0 Å². The summed E-state index contributed by atoms with van der Waals surface area (Å²) < 4.78 is 10.2. The van der Waals surface area contributed by atoms with E-state index in [1.807, 2.05) is 25.1 Å². The van der Waals surface area contributed by atoms with Crippen molar-refractivity contribution in [2.24, 2.45) is 0 Å². The average molecular weight is 443 g/mol. The fraction of sp³-hybridized carbons (Fsp3) is 0.478. The molecule has 1 aliphatic rings. The molecule has 9 heteroatoms. The molecular formula is C23H30N4O5. The molecule has 0 unspecified atom stereocenters. The van der Waals surface area contributed by atoms with E-state index in [0.717, 1.165) is 11.4 Å². The maximum absolute atomic E-state index is 13.1. The van der Waals surface area contributed by atoms with E-state index < -0.39 is 5.97 Å². The van der Waals surface area contributed by atoms with Gasteiger partial charge >= 0.3 is 12.0 Å². The van der Waals surface area contributed by atoms with Gasteiger partial charge in [0.2, 0.25) is 0 Å². The predicted molar refractivity (Wildman–Crippen MR) is 117 cm³/mol. The first-order chi connectivity index (χ1) is 15.4. The average Bonchev–Trinajstić information content (AvgIpc) is 3.30. The van der Waals surface area contributed by atoms with Crippen LogP contribution in [0.2, 0.25) is 0 Å². The van der Waals surface area contributed by atoms with E-state index in [-0.39, 0.29) is 31.0 Å². The van der Waals surface area contributed by atoms with E-state index in [4.69, 9.17) is 14.1 Å². The maximum atomic E-state index is 13.1. The van der Waals surface area contributed by atoms with Crippen LogP contribution in [0.3, 0.4) is 0 Å². The predicted octanol–water partition coefficient (Wildman–Crippen LogP) is 2.71. The van der Waals surface area contributed by atoms with Crippen LogP contribution < -0.4 is 5.32 Å². The van der Waals surface area contributed by atoms with Gasteiger partial charge in [-0.2, -0.15) is 0 Å². The number of rotatable bonds is 7. The largest absolute Gasteiger partial charge is 0.467 e. The molecule has 0 atom stereocenters. The molecule has 2 aromatic heterocycles. The van der Waals surface area contributed by atoms with Crippen LogP contribution in [-0.2, 0) is 16.1 Å². The molecule has 1 saturated heterocycles. The van der Waals surface area contributed by atoms with Crippen molar-refractivity contribution in [3.05, 3.63) is 53.2 Å². The highest BCUT2D eigenvalue weighted by molar-refractivity contribution is 5.95. The molecule has 9 nitrogen and oxygen atoms in total. The molecule has 2 aromatic rings. The number of pyridine rings is 1. The normalized spacial score (nSPS) is 14.2. The third-order valence-electron chi connectivity index (χ3n) is 5.47. The molecule has 0 aromatic carbocycles. The summed E-state index contributed by atoms with van der Waals surface area (Å²) in [6, 6.07) is 7.01. The molecule has 1 fully saturated rings. The van der Waals surface area contributed by atoms with E-state index in [9.17, 15) is 14.4 Å². The fourth-order valence-corrected chi connectivity index (χ4v) is 3.81. The summed E-state index contributed by atoms with van der Waals surface area (Å²) in [4.78, 5) is 44.9. The second-order valence-corrected chi connectivity index (χ2v) is 7.85. The third-order valence-corrected chi connectivity index (χ3v) is 5.47. The number of nitrogens with zero attached hydrogens (tertiary/aromatic N) is 3. The van der Waals surface area contributed by atoms with Crippen molar-refractivity contribution in [2.45, 2.75) is 39.2 Å². The lowest BCUT2D eigenvalue weighted by Crippen LogP contribution is -2.46. The Morgan fingerprint density at radius 3 is 2.66 bits per heavy atom. The molecular weight excluding hydrogens is 412 g/mol. The first kappa shape index (κ1) is 23.3. The summed E-state index contributed by atoms with van der Waals surface area (Å²) in [5, 5.41) is 2.59. The van der Waals surface area contributed by atoms with Crippen molar-refractivity contribution in [2.75, 3.05) is 33.3 Å². The highest BCUT2D eigenvalue weighted by atomic mass is 16.5. The van der Waals surface area contributed by atoms with Gasteiger partial charge in [-0.05, 0) is 51.0 Å². The van der Waals surface area contributed by atoms with Crippen LogP contribution in [0.4, 0.5) is 4.79 Å². The number of aromatic nitrogens is 1. The maximum Gasteiger partial charge on any atom is 0.325 e. The lowest BCUT2D eigenvalue weighted by Gasteiger charge is -2.32. The van der Waals surface area contributed by atoms with Gasteiger partial charge in [0.25, 0.3) is 5.91 Å². The zero-order valence-corrected chi connectivity index (χ0v) is 18.8. The molecule has 0 bridgehead atoms. The number of likely N-dealkylation sites (tertiary alicyclic amines) is 1. The van der Waals surface area contributed by atoms with Crippen molar-refractivity contribution in [3.8, 4) is 0 Å². The first-order valence-corrected chi connectivity index (χ1v) is 10.8. The first-order valence-electron chi connectivity index (χ1n) is 10.8. The smallest absolute Gasteiger partial charge is 0.325 e. The van der Waals surface area contributed by atoms with Gasteiger partial charge in [-0.15, -0.1) is 0 Å². The number of piperidine rings is 1. The summed E-state index contributed by atoms with van der Waals surface area (Å²) in [5.74, 6) is 0.213. The zero-order chi connectivity index (χ0) is 23.1. The highest BCUT2D eigenvalue weighted by Crippen LogP contribution is 2.30. The number of nitrogens with one attached hydrogen (secondary N) is 1. The van der Waals surface area contributed by atoms with Crippen molar-refractivity contribution < 1.29 is 23.5 Å². The van der Waals surface area contributed by atoms with Gasteiger partial charge in [0.05, 0.1) is 30.7 Å². The Bertz CT molecular complexity index is 936. The summed E-state index contributed by atoms with van der Waals surface area (Å²) in [5.41, 5.74) is 2.20.